The number of rotatable bonds is 3. The van der Waals surface area contributed by atoms with Crippen molar-refractivity contribution in [1.29, 1.82) is 0 Å². The van der Waals surface area contributed by atoms with Crippen LogP contribution in [0.4, 0.5) is 0 Å². The van der Waals surface area contributed by atoms with Crippen molar-refractivity contribution in [3.05, 3.63) is 28.8 Å². The molecule has 1 fully saturated rings. The standard InChI is InChI=1S/C21H35NO3/c1-8-17(22)14-11-24-19(25-12-14)13-9-15(20(2,3)4)18(23)16(10-13)21(5,6)7/h9-10,14,17,19,23H,8,11-12,22H2,1-7H3. The predicted octanol–water partition coefficient (Wildman–Crippen LogP) is 4.39. The Morgan fingerprint density at radius 2 is 1.48 bits per heavy atom. The third-order valence-corrected chi connectivity index (χ3v) is 5.02. The number of nitrogens with two attached hydrogens (primary N) is 1. The van der Waals surface area contributed by atoms with Crippen LogP contribution in [0.2, 0.25) is 0 Å². The molecular weight excluding hydrogens is 314 g/mol. The Balaban J connectivity index is 2.36. The third kappa shape index (κ3) is 4.55. The quantitative estimate of drug-likeness (QED) is 0.849. The molecule has 0 aliphatic carbocycles. The van der Waals surface area contributed by atoms with Gasteiger partial charge in [-0.1, -0.05) is 48.5 Å². The fourth-order valence-electron chi connectivity index (χ4n) is 3.23. The maximum absolute atomic E-state index is 10.8. The Morgan fingerprint density at radius 1 is 1.04 bits per heavy atom. The van der Waals surface area contributed by atoms with E-state index in [4.69, 9.17) is 15.2 Å². The summed E-state index contributed by atoms with van der Waals surface area (Å²) < 4.78 is 12.0. The molecule has 1 aromatic carbocycles. The summed E-state index contributed by atoms with van der Waals surface area (Å²) in [7, 11) is 0. The fourth-order valence-corrected chi connectivity index (χ4v) is 3.23. The van der Waals surface area contributed by atoms with E-state index in [9.17, 15) is 5.11 Å². The number of hydrogen-bond donors (Lipinski definition) is 2. The molecule has 0 saturated carbocycles. The highest BCUT2D eigenvalue weighted by Crippen LogP contribution is 2.42. The average molecular weight is 350 g/mol. The van der Waals surface area contributed by atoms with Gasteiger partial charge in [-0.05, 0) is 40.5 Å². The van der Waals surface area contributed by atoms with E-state index < -0.39 is 6.29 Å². The van der Waals surface area contributed by atoms with Crippen molar-refractivity contribution in [3.8, 4) is 5.75 Å². The van der Waals surface area contributed by atoms with E-state index in [-0.39, 0.29) is 22.8 Å². The molecule has 4 nitrogen and oxygen atoms in total. The summed E-state index contributed by atoms with van der Waals surface area (Å²) in [4.78, 5) is 0. The summed E-state index contributed by atoms with van der Waals surface area (Å²) >= 11 is 0. The van der Waals surface area contributed by atoms with Crippen LogP contribution < -0.4 is 5.73 Å². The Bertz CT molecular complexity index is 555. The molecule has 0 amide bonds. The lowest BCUT2D eigenvalue weighted by molar-refractivity contribution is -0.208. The minimum atomic E-state index is -0.400. The number of phenols is 1. The summed E-state index contributed by atoms with van der Waals surface area (Å²) in [5, 5.41) is 10.8. The number of hydrogen-bond acceptors (Lipinski definition) is 4. The monoisotopic (exact) mass is 349 g/mol. The van der Waals surface area contributed by atoms with Crippen LogP contribution in [0.25, 0.3) is 0 Å². The van der Waals surface area contributed by atoms with Crippen LogP contribution in [0.5, 0.6) is 5.75 Å². The molecule has 1 heterocycles. The maximum Gasteiger partial charge on any atom is 0.183 e. The highest BCUT2D eigenvalue weighted by atomic mass is 16.7. The molecule has 142 valence electrons. The van der Waals surface area contributed by atoms with Gasteiger partial charge in [0.1, 0.15) is 5.75 Å². The van der Waals surface area contributed by atoms with Crippen molar-refractivity contribution < 1.29 is 14.6 Å². The van der Waals surface area contributed by atoms with Crippen molar-refractivity contribution in [2.24, 2.45) is 11.7 Å². The molecule has 1 unspecified atom stereocenters. The topological polar surface area (TPSA) is 64.7 Å². The van der Waals surface area contributed by atoms with Gasteiger partial charge in [-0.3, -0.25) is 0 Å². The van der Waals surface area contributed by atoms with Gasteiger partial charge in [-0.25, -0.2) is 0 Å². The predicted molar refractivity (Wildman–Crippen MR) is 102 cm³/mol. The van der Waals surface area contributed by atoms with E-state index in [2.05, 4.69) is 48.5 Å². The number of benzene rings is 1. The zero-order valence-corrected chi connectivity index (χ0v) is 16.8. The van der Waals surface area contributed by atoms with Crippen molar-refractivity contribution in [2.75, 3.05) is 13.2 Å². The minimum Gasteiger partial charge on any atom is -0.507 e. The van der Waals surface area contributed by atoms with Gasteiger partial charge in [0.05, 0.1) is 13.2 Å². The Labute approximate surface area is 152 Å². The second-order valence-electron chi connectivity index (χ2n) is 9.30. The lowest BCUT2D eigenvalue weighted by atomic mass is 9.78. The molecule has 0 spiro atoms. The summed E-state index contributed by atoms with van der Waals surface area (Å²) in [5.41, 5.74) is 8.61. The zero-order chi connectivity index (χ0) is 19.0. The second-order valence-corrected chi connectivity index (χ2v) is 9.30. The summed E-state index contributed by atoms with van der Waals surface area (Å²) in [6.07, 6.45) is 0.520. The molecule has 3 N–H and O–H groups in total. The van der Waals surface area contributed by atoms with E-state index in [0.29, 0.717) is 19.0 Å². The third-order valence-electron chi connectivity index (χ3n) is 5.02. The highest BCUT2D eigenvalue weighted by Gasteiger charge is 2.31. The first kappa shape index (κ1) is 20.2. The van der Waals surface area contributed by atoms with E-state index >= 15 is 0 Å². The Morgan fingerprint density at radius 3 is 1.84 bits per heavy atom. The van der Waals surface area contributed by atoms with Crippen LogP contribution in [0, 0.1) is 5.92 Å². The molecule has 0 aromatic heterocycles. The molecule has 1 aliphatic heterocycles. The Kier molecular flexibility index (Phi) is 5.87. The van der Waals surface area contributed by atoms with Gasteiger partial charge >= 0.3 is 0 Å². The van der Waals surface area contributed by atoms with E-state index in [1.54, 1.807) is 0 Å². The smallest absolute Gasteiger partial charge is 0.183 e. The molecule has 1 aromatic rings. The zero-order valence-electron chi connectivity index (χ0n) is 16.8. The molecule has 4 heteroatoms. The molecule has 0 bridgehead atoms. The molecule has 25 heavy (non-hydrogen) atoms. The lowest BCUT2D eigenvalue weighted by Gasteiger charge is -2.34. The summed E-state index contributed by atoms with van der Waals surface area (Å²) in [6, 6.07) is 4.15. The first-order chi connectivity index (χ1) is 11.4. The van der Waals surface area contributed by atoms with Crippen molar-refractivity contribution >= 4 is 0 Å². The number of phenolic OH excluding ortho intramolecular Hbond substituents is 1. The summed E-state index contributed by atoms with van der Waals surface area (Å²) in [5.74, 6) is 0.618. The van der Waals surface area contributed by atoms with Gasteiger partial charge in [0.15, 0.2) is 6.29 Å². The Hall–Kier alpha value is -1.10. The largest absolute Gasteiger partial charge is 0.507 e. The SMILES string of the molecule is CCC(N)C1COC(c2cc(C(C)(C)C)c(O)c(C(C)(C)C)c2)OC1. The second kappa shape index (κ2) is 7.26. The molecule has 2 rings (SSSR count). The van der Waals surface area contributed by atoms with Gasteiger partial charge in [-0.15, -0.1) is 0 Å². The van der Waals surface area contributed by atoms with Crippen LogP contribution in [0.3, 0.4) is 0 Å². The lowest BCUT2D eigenvalue weighted by Crippen LogP contribution is -2.40. The van der Waals surface area contributed by atoms with Crippen LogP contribution >= 0.6 is 0 Å². The van der Waals surface area contributed by atoms with Gasteiger partial charge in [0, 0.05) is 17.5 Å². The van der Waals surface area contributed by atoms with E-state index in [1.165, 1.54) is 0 Å². The molecular formula is C21H35NO3. The minimum absolute atomic E-state index is 0.107. The maximum atomic E-state index is 10.8. The first-order valence-electron chi connectivity index (χ1n) is 9.31. The van der Waals surface area contributed by atoms with Gasteiger partial charge < -0.3 is 20.3 Å². The normalized spacial score (nSPS) is 23.5. The van der Waals surface area contributed by atoms with E-state index in [0.717, 1.165) is 23.1 Å². The van der Waals surface area contributed by atoms with Crippen molar-refractivity contribution in [3.63, 3.8) is 0 Å². The highest BCUT2D eigenvalue weighted by molar-refractivity contribution is 5.50. The van der Waals surface area contributed by atoms with Crippen LogP contribution in [-0.4, -0.2) is 24.4 Å². The number of ether oxygens (including phenoxy) is 2. The van der Waals surface area contributed by atoms with Gasteiger partial charge in [0.25, 0.3) is 0 Å². The molecule has 1 aliphatic rings. The molecule has 1 atom stereocenters. The van der Waals surface area contributed by atoms with Gasteiger partial charge in [0.2, 0.25) is 0 Å². The first-order valence-corrected chi connectivity index (χ1v) is 9.31. The van der Waals surface area contributed by atoms with Gasteiger partial charge in [-0.2, -0.15) is 0 Å². The van der Waals surface area contributed by atoms with Crippen molar-refractivity contribution in [1.82, 2.24) is 0 Å². The number of aromatic hydroxyl groups is 1. The fraction of sp³-hybridized carbons (Fsp3) is 0.714. The summed E-state index contributed by atoms with van der Waals surface area (Å²) in [6.45, 7) is 15.9. The molecule has 0 radical (unpaired) electrons. The van der Waals surface area contributed by atoms with E-state index in [1.807, 2.05) is 12.1 Å². The van der Waals surface area contributed by atoms with Crippen LogP contribution in [0.1, 0.15) is 77.9 Å². The van der Waals surface area contributed by atoms with Crippen LogP contribution in [0.15, 0.2) is 12.1 Å². The van der Waals surface area contributed by atoms with Crippen LogP contribution in [-0.2, 0) is 20.3 Å². The molecule has 1 saturated heterocycles. The average Bonchev–Trinajstić information content (AvgIpc) is 2.52. The van der Waals surface area contributed by atoms with Crippen molar-refractivity contribution in [2.45, 2.75) is 78.0 Å².